The summed E-state index contributed by atoms with van der Waals surface area (Å²) < 4.78 is 34.5. The maximum Gasteiger partial charge on any atom is 0.261 e. The van der Waals surface area contributed by atoms with Crippen LogP contribution in [0.4, 0.5) is 11.4 Å². The van der Waals surface area contributed by atoms with E-state index in [-0.39, 0.29) is 16.9 Å². The van der Waals surface area contributed by atoms with E-state index in [0.717, 1.165) is 34.5 Å². The molecule has 33 heavy (non-hydrogen) atoms. The molecule has 3 atom stereocenters. The molecule has 0 amide bonds. The van der Waals surface area contributed by atoms with Gasteiger partial charge in [-0.05, 0) is 90.9 Å². The lowest BCUT2D eigenvalue weighted by Crippen LogP contribution is -2.29. The molecule has 1 heterocycles. The zero-order chi connectivity index (χ0) is 23.2. The van der Waals surface area contributed by atoms with Crippen molar-refractivity contribution in [2.75, 3.05) is 17.1 Å². The Balaban J connectivity index is 1.48. The number of nitrogens with one attached hydrogen (secondary N) is 2. The SMILES string of the molecule is COc1cccc([C@@H]2Nc3ccc(S(=O)(=O)Nc4ccc(C)c(C)c4)cc3[C@@H]3C=CC[C@H]32)c1. The standard InChI is InChI=1S/C27H28N2O3S/c1-17-10-11-20(14-18(17)2)29-33(30,31)22-12-13-26-25(16-22)23-8-5-9-24(23)27(28-26)19-6-4-7-21(15-19)32-3/h4-8,10-16,23-24,27-29H,9H2,1-3H3/t23-,24-,27+/m1/s1. The lowest BCUT2D eigenvalue weighted by molar-refractivity contribution is 0.406. The second-order valence-corrected chi connectivity index (χ2v) is 10.6. The highest BCUT2D eigenvalue weighted by Gasteiger charge is 2.38. The number of rotatable bonds is 5. The molecule has 0 fully saturated rings. The highest BCUT2D eigenvalue weighted by molar-refractivity contribution is 7.92. The van der Waals surface area contributed by atoms with Crippen LogP contribution in [0.1, 0.15) is 40.6 Å². The van der Waals surface area contributed by atoms with Crippen LogP contribution in [0.25, 0.3) is 0 Å². The van der Waals surface area contributed by atoms with Crippen molar-refractivity contribution in [1.82, 2.24) is 0 Å². The summed E-state index contributed by atoms with van der Waals surface area (Å²) in [6, 6.07) is 19.3. The van der Waals surface area contributed by atoms with E-state index in [1.54, 1.807) is 19.2 Å². The number of anilines is 2. The van der Waals surface area contributed by atoms with Crippen LogP contribution in [0, 0.1) is 19.8 Å². The molecule has 5 rings (SSSR count). The van der Waals surface area contributed by atoms with E-state index in [2.05, 4.69) is 34.3 Å². The molecule has 0 saturated heterocycles. The number of aryl methyl sites for hydroxylation is 2. The average Bonchev–Trinajstić information content (AvgIpc) is 3.31. The van der Waals surface area contributed by atoms with Crippen molar-refractivity contribution in [2.24, 2.45) is 5.92 Å². The predicted octanol–water partition coefficient (Wildman–Crippen LogP) is 5.94. The van der Waals surface area contributed by atoms with E-state index >= 15 is 0 Å². The minimum absolute atomic E-state index is 0.128. The minimum Gasteiger partial charge on any atom is -0.497 e. The molecule has 5 nitrogen and oxygen atoms in total. The monoisotopic (exact) mass is 460 g/mol. The second kappa shape index (κ2) is 8.27. The fourth-order valence-electron chi connectivity index (χ4n) is 4.92. The molecule has 0 unspecified atom stereocenters. The number of benzene rings is 3. The summed E-state index contributed by atoms with van der Waals surface area (Å²) in [6.45, 7) is 3.98. The third-order valence-electron chi connectivity index (χ3n) is 6.86. The highest BCUT2D eigenvalue weighted by atomic mass is 32.2. The summed E-state index contributed by atoms with van der Waals surface area (Å²) in [6.07, 6.45) is 5.36. The van der Waals surface area contributed by atoms with Gasteiger partial charge in [-0.25, -0.2) is 8.42 Å². The quantitative estimate of drug-likeness (QED) is 0.463. The molecule has 0 aromatic heterocycles. The van der Waals surface area contributed by atoms with Gasteiger partial charge < -0.3 is 10.1 Å². The maximum atomic E-state index is 13.2. The number of sulfonamides is 1. The molecule has 170 valence electrons. The van der Waals surface area contributed by atoms with E-state index < -0.39 is 10.0 Å². The summed E-state index contributed by atoms with van der Waals surface area (Å²) in [4.78, 5) is 0.278. The molecule has 6 heteroatoms. The van der Waals surface area contributed by atoms with Crippen molar-refractivity contribution in [1.29, 1.82) is 0 Å². The lowest BCUT2D eigenvalue weighted by Gasteiger charge is -2.37. The number of ether oxygens (including phenoxy) is 1. The van der Waals surface area contributed by atoms with Crippen LogP contribution < -0.4 is 14.8 Å². The molecular weight excluding hydrogens is 432 g/mol. The van der Waals surface area contributed by atoms with Crippen LogP contribution in [0.2, 0.25) is 0 Å². The van der Waals surface area contributed by atoms with Gasteiger partial charge in [-0.15, -0.1) is 0 Å². The van der Waals surface area contributed by atoms with Gasteiger partial charge in [0, 0.05) is 17.3 Å². The Bertz CT molecular complexity index is 1350. The van der Waals surface area contributed by atoms with Gasteiger partial charge in [0.15, 0.2) is 0 Å². The van der Waals surface area contributed by atoms with E-state index in [0.29, 0.717) is 11.6 Å². The summed E-state index contributed by atoms with van der Waals surface area (Å²) in [5.74, 6) is 1.31. The fraction of sp³-hybridized carbons (Fsp3) is 0.259. The Kier molecular flexibility index (Phi) is 5.41. The Morgan fingerprint density at radius 1 is 1.00 bits per heavy atom. The van der Waals surface area contributed by atoms with E-state index in [1.165, 1.54) is 5.56 Å². The van der Waals surface area contributed by atoms with Gasteiger partial charge >= 0.3 is 0 Å². The van der Waals surface area contributed by atoms with Crippen molar-refractivity contribution in [2.45, 2.75) is 37.1 Å². The number of hydrogen-bond donors (Lipinski definition) is 2. The number of methoxy groups -OCH3 is 1. The van der Waals surface area contributed by atoms with Crippen molar-refractivity contribution in [3.8, 4) is 5.75 Å². The predicted molar refractivity (Wildman–Crippen MR) is 133 cm³/mol. The summed E-state index contributed by atoms with van der Waals surface area (Å²) in [5.41, 5.74) is 5.92. The van der Waals surface area contributed by atoms with Crippen LogP contribution in [-0.4, -0.2) is 15.5 Å². The Morgan fingerprint density at radius 3 is 2.64 bits per heavy atom. The average molecular weight is 461 g/mol. The van der Waals surface area contributed by atoms with Crippen LogP contribution in [-0.2, 0) is 10.0 Å². The van der Waals surface area contributed by atoms with E-state index in [4.69, 9.17) is 4.74 Å². The van der Waals surface area contributed by atoms with Crippen LogP contribution >= 0.6 is 0 Å². The topological polar surface area (TPSA) is 67.4 Å². The first-order valence-electron chi connectivity index (χ1n) is 11.2. The molecule has 2 N–H and O–H groups in total. The first-order valence-corrected chi connectivity index (χ1v) is 12.7. The van der Waals surface area contributed by atoms with Gasteiger partial charge in [0.05, 0.1) is 18.0 Å². The van der Waals surface area contributed by atoms with Gasteiger partial charge in [0.25, 0.3) is 10.0 Å². The molecule has 0 radical (unpaired) electrons. The van der Waals surface area contributed by atoms with Gasteiger partial charge in [-0.1, -0.05) is 30.4 Å². The van der Waals surface area contributed by atoms with E-state index in [9.17, 15) is 8.42 Å². The molecular formula is C27H28N2O3S. The normalized spacial score (nSPS) is 21.1. The van der Waals surface area contributed by atoms with Crippen molar-refractivity contribution >= 4 is 21.4 Å². The summed E-state index contributed by atoms with van der Waals surface area (Å²) in [5, 5.41) is 3.67. The van der Waals surface area contributed by atoms with Crippen molar-refractivity contribution < 1.29 is 13.2 Å². The third-order valence-corrected chi connectivity index (χ3v) is 8.24. The first kappa shape index (κ1) is 21.6. The molecule has 3 aromatic carbocycles. The molecule has 0 spiro atoms. The maximum absolute atomic E-state index is 13.2. The van der Waals surface area contributed by atoms with Gasteiger partial charge in [0.2, 0.25) is 0 Å². The van der Waals surface area contributed by atoms with E-state index in [1.807, 2.05) is 50.2 Å². The first-order chi connectivity index (χ1) is 15.9. The smallest absolute Gasteiger partial charge is 0.261 e. The van der Waals surface area contributed by atoms with Gasteiger partial charge in [-0.2, -0.15) is 0 Å². The van der Waals surface area contributed by atoms with Gasteiger partial charge in [0.1, 0.15) is 5.75 Å². The van der Waals surface area contributed by atoms with Crippen LogP contribution in [0.5, 0.6) is 5.75 Å². The molecule has 1 aliphatic carbocycles. The third kappa shape index (κ3) is 4.00. The second-order valence-electron chi connectivity index (χ2n) is 8.91. The number of allylic oxidation sites excluding steroid dienone is 2. The zero-order valence-electron chi connectivity index (χ0n) is 19.0. The van der Waals surface area contributed by atoms with Crippen molar-refractivity contribution in [3.05, 3.63) is 95.1 Å². The lowest BCUT2D eigenvalue weighted by atomic mass is 9.77. The van der Waals surface area contributed by atoms with Crippen LogP contribution in [0.15, 0.2) is 77.7 Å². The summed E-state index contributed by atoms with van der Waals surface area (Å²) in [7, 11) is -2.02. The molecule has 0 saturated carbocycles. The molecule has 0 bridgehead atoms. The Morgan fingerprint density at radius 2 is 1.85 bits per heavy atom. The number of hydrogen-bond acceptors (Lipinski definition) is 4. The zero-order valence-corrected chi connectivity index (χ0v) is 19.8. The Hall–Kier alpha value is -3.25. The number of fused-ring (bicyclic) bond motifs is 3. The summed E-state index contributed by atoms with van der Waals surface area (Å²) >= 11 is 0. The Labute approximate surface area is 195 Å². The highest BCUT2D eigenvalue weighted by Crippen LogP contribution is 2.50. The van der Waals surface area contributed by atoms with Crippen molar-refractivity contribution in [3.63, 3.8) is 0 Å². The van der Waals surface area contributed by atoms with Crippen LogP contribution in [0.3, 0.4) is 0 Å². The fourth-order valence-corrected chi connectivity index (χ4v) is 6.01. The molecule has 1 aliphatic heterocycles. The van der Waals surface area contributed by atoms with Gasteiger partial charge in [-0.3, -0.25) is 4.72 Å². The minimum atomic E-state index is -3.70. The largest absolute Gasteiger partial charge is 0.497 e. The molecule has 2 aliphatic rings. The molecule has 3 aromatic rings.